The van der Waals surface area contributed by atoms with Crippen LogP contribution in [0.4, 0.5) is 5.69 Å². The molecular formula is C11H18N3. The van der Waals surface area contributed by atoms with Gasteiger partial charge in [0.2, 0.25) is 0 Å². The van der Waals surface area contributed by atoms with Crippen molar-refractivity contribution in [1.82, 2.24) is 10.2 Å². The maximum absolute atomic E-state index is 3.72. The van der Waals surface area contributed by atoms with E-state index in [-0.39, 0.29) is 0 Å². The maximum Gasteiger partial charge on any atom is 0.138 e. The molecule has 14 heavy (non-hydrogen) atoms. The van der Waals surface area contributed by atoms with E-state index in [0.717, 1.165) is 5.69 Å². The van der Waals surface area contributed by atoms with Crippen LogP contribution in [-0.4, -0.2) is 16.2 Å². The van der Waals surface area contributed by atoms with Crippen LogP contribution in [-0.2, 0) is 0 Å². The topological polar surface area (TPSA) is 37.8 Å². The van der Waals surface area contributed by atoms with E-state index in [1.807, 2.05) is 6.07 Å². The van der Waals surface area contributed by atoms with E-state index in [4.69, 9.17) is 0 Å². The highest BCUT2D eigenvalue weighted by atomic mass is 15.1. The summed E-state index contributed by atoms with van der Waals surface area (Å²) in [4.78, 5) is 0. The first kappa shape index (κ1) is 11.0. The Bertz CT molecular complexity index is 230. The third-order valence-electron chi connectivity index (χ3n) is 2.17. The summed E-state index contributed by atoms with van der Waals surface area (Å²) in [5.41, 5.74) is 0.951. The van der Waals surface area contributed by atoms with Gasteiger partial charge < -0.3 is 5.32 Å². The Balaban J connectivity index is 2.46. The predicted octanol–water partition coefficient (Wildman–Crippen LogP) is 2.66. The Hall–Kier alpha value is -1.12. The molecule has 3 nitrogen and oxygen atoms in total. The van der Waals surface area contributed by atoms with Crippen molar-refractivity contribution in [1.29, 1.82) is 0 Å². The SMILES string of the molecule is CCCC(CCC)Nc1[c]nncc1. The first-order valence-electron chi connectivity index (χ1n) is 5.32. The van der Waals surface area contributed by atoms with Crippen LogP contribution < -0.4 is 5.32 Å². The maximum atomic E-state index is 3.72. The van der Waals surface area contributed by atoms with Crippen molar-refractivity contribution in [3.05, 3.63) is 18.5 Å². The molecule has 0 unspecified atom stereocenters. The van der Waals surface area contributed by atoms with Crippen molar-refractivity contribution in [2.24, 2.45) is 0 Å². The molecule has 0 aliphatic heterocycles. The van der Waals surface area contributed by atoms with Gasteiger partial charge in [0.25, 0.3) is 0 Å². The molecule has 0 fully saturated rings. The molecule has 0 saturated carbocycles. The highest BCUT2D eigenvalue weighted by Crippen LogP contribution is 2.11. The van der Waals surface area contributed by atoms with E-state index in [1.54, 1.807) is 6.20 Å². The zero-order chi connectivity index (χ0) is 10.2. The molecule has 77 valence electrons. The second kappa shape index (κ2) is 6.35. The van der Waals surface area contributed by atoms with Gasteiger partial charge in [-0.2, -0.15) is 5.10 Å². The second-order valence-corrected chi connectivity index (χ2v) is 3.48. The molecular weight excluding hydrogens is 174 g/mol. The van der Waals surface area contributed by atoms with Crippen molar-refractivity contribution in [3.8, 4) is 0 Å². The lowest BCUT2D eigenvalue weighted by molar-refractivity contribution is 0.586. The van der Waals surface area contributed by atoms with Gasteiger partial charge in [-0.1, -0.05) is 26.7 Å². The van der Waals surface area contributed by atoms with Crippen LogP contribution in [0.1, 0.15) is 39.5 Å². The lowest BCUT2D eigenvalue weighted by atomic mass is 10.1. The smallest absolute Gasteiger partial charge is 0.138 e. The monoisotopic (exact) mass is 192 g/mol. The minimum atomic E-state index is 0.547. The summed E-state index contributed by atoms with van der Waals surface area (Å²) in [6, 6.07) is 2.45. The minimum Gasteiger partial charge on any atom is -0.380 e. The molecule has 1 N–H and O–H groups in total. The average Bonchev–Trinajstić information content (AvgIpc) is 2.20. The predicted molar refractivity (Wildman–Crippen MR) is 58.1 cm³/mol. The van der Waals surface area contributed by atoms with Crippen molar-refractivity contribution in [2.45, 2.75) is 45.6 Å². The number of nitrogens with zero attached hydrogens (tertiary/aromatic N) is 2. The van der Waals surface area contributed by atoms with Gasteiger partial charge in [-0.3, -0.25) is 0 Å². The minimum absolute atomic E-state index is 0.547. The Morgan fingerprint density at radius 3 is 2.57 bits per heavy atom. The van der Waals surface area contributed by atoms with E-state index in [1.165, 1.54) is 25.7 Å². The number of nitrogens with one attached hydrogen (secondary N) is 1. The average molecular weight is 192 g/mol. The summed E-state index contributed by atoms with van der Waals surface area (Å²) in [7, 11) is 0. The van der Waals surface area contributed by atoms with Crippen LogP contribution in [0.3, 0.4) is 0 Å². The van der Waals surface area contributed by atoms with Gasteiger partial charge >= 0.3 is 0 Å². The number of hydrogen-bond donors (Lipinski definition) is 1. The number of anilines is 1. The van der Waals surface area contributed by atoms with Crippen LogP contribution in [0.5, 0.6) is 0 Å². The van der Waals surface area contributed by atoms with E-state index >= 15 is 0 Å². The second-order valence-electron chi connectivity index (χ2n) is 3.48. The first-order chi connectivity index (χ1) is 6.86. The van der Waals surface area contributed by atoms with E-state index < -0.39 is 0 Å². The third kappa shape index (κ3) is 3.73. The zero-order valence-corrected chi connectivity index (χ0v) is 8.95. The molecule has 0 atom stereocenters. The van der Waals surface area contributed by atoms with Crippen LogP contribution in [0, 0.1) is 6.20 Å². The standard InChI is InChI=1S/C11H18N3/c1-3-5-10(6-4-2)14-11-7-8-12-13-9-11/h7-8,10H,3-6H2,1-2H3,(H,12,14). The van der Waals surface area contributed by atoms with Gasteiger partial charge in [0.15, 0.2) is 0 Å². The largest absolute Gasteiger partial charge is 0.380 e. The van der Waals surface area contributed by atoms with Crippen LogP contribution in [0.2, 0.25) is 0 Å². The van der Waals surface area contributed by atoms with Crippen LogP contribution >= 0.6 is 0 Å². The lowest BCUT2D eigenvalue weighted by Gasteiger charge is -2.17. The number of hydrogen-bond acceptors (Lipinski definition) is 3. The Morgan fingerprint density at radius 1 is 1.36 bits per heavy atom. The molecule has 0 spiro atoms. The summed E-state index contributed by atoms with van der Waals surface area (Å²) in [5.74, 6) is 0. The van der Waals surface area contributed by atoms with Gasteiger partial charge in [-0.25, -0.2) is 0 Å². The highest BCUT2D eigenvalue weighted by Gasteiger charge is 2.05. The van der Waals surface area contributed by atoms with E-state index in [2.05, 4.69) is 35.6 Å². The van der Waals surface area contributed by atoms with Gasteiger partial charge in [0.05, 0.1) is 11.9 Å². The third-order valence-corrected chi connectivity index (χ3v) is 2.17. The summed E-state index contributed by atoms with van der Waals surface area (Å²) < 4.78 is 0. The fraction of sp³-hybridized carbons (Fsp3) is 0.636. The van der Waals surface area contributed by atoms with Crippen molar-refractivity contribution < 1.29 is 0 Å². The molecule has 3 heteroatoms. The van der Waals surface area contributed by atoms with Gasteiger partial charge in [-0.15, -0.1) is 5.10 Å². The molecule has 0 aromatic carbocycles. The van der Waals surface area contributed by atoms with Crippen molar-refractivity contribution >= 4 is 5.69 Å². The zero-order valence-electron chi connectivity index (χ0n) is 8.95. The lowest BCUT2D eigenvalue weighted by Crippen LogP contribution is -2.19. The van der Waals surface area contributed by atoms with E-state index in [9.17, 15) is 0 Å². The molecule has 0 aliphatic carbocycles. The summed E-state index contributed by atoms with van der Waals surface area (Å²) in [6.07, 6.45) is 9.34. The molecule has 1 heterocycles. The molecule has 0 amide bonds. The van der Waals surface area contributed by atoms with Crippen molar-refractivity contribution in [2.75, 3.05) is 5.32 Å². The Labute approximate surface area is 85.9 Å². The first-order valence-corrected chi connectivity index (χ1v) is 5.32. The molecule has 0 bridgehead atoms. The van der Waals surface area contributed by atoms with Crippen LogP contribution in [0.15, 0.2) is 12.3 Å². The summed E-state index contributed by atoms with van der Waals surface area (Å²) >= 11 is 0. The molecule has 1 rings (SSSR count). The fourth-order valence-electron chi connectivity index (χ4n) is 1.55. The van der Waals surface area contributed by atoms with Crippen LogP contribution in [0.25, 0.3) is 0 Å². The summed E-state index contributed by atoms with van der Waals surface area (Å²) in [6.45, 7) is 4.41. The Morgan fingerprint density at radius 2 is 2.07 bits per heavy atom. The molecule has 0 saturated heterocycles. The van der Waals surface area contributed by atoms with Gasteiger partial charge in [0, 0.05) is 6.04 Å². The van der Waals surface area contributed by atoms with Crippen molar-refractivity contribution in [3.63, 3.8) is 0 Å². The highest BCUT2D eigenvalue weighted by molar-refractivity contribution is 5.38. The normalized spacial score (nSPS) is 10.5. The molecule has 1 aromatic heterocycles. The van der Waals surface area contributed by atoms with Gasteiger partial charge in [-0.05, 0) is 18.9 Å². The van der Waals surface area contributed by atoms with Gasteiger partial charge in [0.1, 0.15) is 6.20 Å². The summed E-state index contributed by atoms with van der Waals surface area (Å²) in [5, 5.41) is 10.8. The molecule has 1 aromatic rings. The number of aromatic nitrogens is 2. The molecule has 1 radical (unpaired) electrons. The number of rotatable bonds is 6. The molecule has 0 aliphatic rings. The quantitative estimate of drug-likeness (QED) is 0.753. The Kier molecular flexibility index (Phi) is 4.97. The van der Waals surface area contributed by atoms with E-state index in [0.29, 0.717) is 6.04 Å². The fourth-order valence-corrected chi connectivity index (χ4v) is 1.55.